The molecule has 2 amide bonds. The van der Waals surface area contributed by atoms with E-state index in [1.54, 1.807) is 36.2 Å². The molecular weight excluding hydrogens is 280 g/mol. The summed E-state index contributed by atoms with van der Waals surface area (Å²) in [5, 5.41) is 2.83. The smallest absolute Gasteiger partial charge is 0.251 e. The SMILES string of the molecule is CCOc1ccc(C(=O)NC(C(=O)N(C)CC)C(C)C)cc1. The Kier molecular flexibility index (Phi) is 6.89. The maximum Gasteiger partial charge on any atom is 0.251 e. The van der Waals surface area contributed by atoms with Gasteiger partial charge in [-0.15, -0.1) is 0 Å². The highest BCUT2D eigenvalue weighted by Crippen LogP contribution is 2.13. The molecule has 1 aromatic carbocycles. The number of rotatable bonds is 7. The topological polar surface area (TPSA) is 58.6 Å². The van der Waals surface area contributed by atoms with Crippen LogP contribution in [-0.4, -0.2) is 43.0 Å². The molecule has 0 bridgehead atoms. The zero-order valence-electron chi connectivity index (χ0n) is 14.1. The van der Waals surface area contributed by atoms with Gasteiger partial charge < -0.3 is 15.0 Å². The zero-order chi connectivity index (χ0) is 16.7. The lowest BCUT2D eigenvalue weighted by Crippen LogP contribution is -2.50. The Morgan fingerprint density at radius 1 is 1.18 bits per heavy atom. The first-order chi connectivity index (χ1) is 10.4. The monoisotopic (exact) mass is 306 g/mol. The first kappa shape index (κ1) is 18.0. The molecule has 122 valence electrons. The Morgan fingerprint density at radius 2 is 1.77 bits per heavy atom. The van der Waals surface area contributed by atoms with E-state index in [0.717, 1.165) is 5.75 Å². The summed E-state index contributed by atoms with van der Waals surface area (Å²) in [4.78, 5) is 26.2. The lowest BCUT2D eigenvalue weighted by molar-refractivity contribution is -0.132. The first-order valence-corrected chi connectivity index (χ1v) is 7.69. The van der Waals surface area contributed by atoms with Gasteiger partial charge in [-0.05, 0) is 44.0 Å². The summed E-state index contributed by atoms with van der Waals surface area (Å²) in [6.45, 7) is 8.85. The highest BCUT2D eigenvalue weighted by molar-refractivity contribution is 5.97. The van der Waals surface area contributed by atoms with Gasteiger partial charge in [-0.1, -0.05) is 13.8 Å². The van der Waals surface area contributed by atoms with E-state index in [-0.39, 0.29) is 17.7 Å². The highest BCUT2D eigenvalue weighted by atomic mass is 16.5. The summed E-state index contributed by atoms with van der Waals surface area (Å²) in [7, 11) is 1.74. The average Bonchev–Trinajstić information content (AvgIpc) is 2.51. The van der Waals surface area contributed by atoms with Crippen molar-refractivity contribution in [1.29, 1.82) is 0 Å². The predicted molar refractivity (Wildman–Crippen MR) is 87.0 cm³/mol. The van der Waals surface area contributed by atoms with E-state index in [1.807, 2.05) is 27.7 Å². The quantitative estimate of drug-likeness (QED) is 0.841. The molecule has 0 aromatic heterocycles. The van der Waals surface area contributed by atoms with E-state index in [2.05, 4.69) is 5.32 Å². The maximum absolute atomic E-state index is 12.3. The fourth-order valence-corrected chi connectivity index (χ4v) is 2.00. The van der Waals surface area contributed by atoms with Gasteiger partial charge in [0.25, 0.3) is 5.91 Å². The molecular formula is C17H26N2O3. The number of benzene rings is 1. The van der Waals surface area contributed by atoms with Crippen LogP contribution >= 0.6 is 0 Å². The van der Waals surface area contributed by atoms with Crippen molar-refractivity contribution in [2.45, 2.75) is 33.7 Å². The third-order valence-corrected chi connectivity index (χ3v) is 3.50. The molecule has 5 nitrogen and oxygen atoms in total. The van der Waals surface area contributed by atoms with Crippen LogP contribution in [-0.2, 0) is 4.79 Å². The summed E-state index contributed by atoms with van der Waals surface area (Å²) < 4.78 is 5.35. The molecule has 0 spiro atoms. The normalized spacial score (nSPS) is 11.9. The van der Waals surface area contributed by atoms with Crippen molar-refractivity contribution in [2.24, 2.45) is 5.92 Å². The Balaban J connectivity index is 2.80. The number of carbonyl (C=O) groups is 2. The minimum absolute atomic E-state index is 0.0214. The number of nitrogens with zero attached hydrogens (tertiary/aromatic N) is 1. The number of carbonyl (C=O) groups excluding carboxylic acids is 2. The van der Waals surface area contributed by atoms with Gasteiger partial charge in [0.05, 0.1) is 6.61 Å². The fourth-order valence-electron chi connectivity index (χ4n) is 2.00. The lowest BCUT2D eigenvalue weighted by Gasteiger charge is -2.26. The van der Waals surface area contributed by atoms with Crippen LogP contribution in [0.2, 0.25) is 0 Å². The van der Waals surface area contributed by atoms with Crippen molar-refractivity contribution in [2.75, 3.05) is 20.2 Å². The first-order valence-electron chi connectivity index (χ1n) is 7.69. The molecule has 1 unspecified atom stereocenters. The highest BCUT2D eigenvalue weighted by Gasteiger charge is 2.26. The standard InChI is InChI=1S/C17H26N2O3/c1-6-19(5)17(21)15(12(3)4)18-16(20)13-8-10-14(11-9-13)22-7-2/h8-12,15H,6-7H2,1-5H3,(H,18,20). The summed E-state index contributed by atoms with van der Waals surface area (Å²) >= 11 is 0. The largest absolute Gasteiger partial charge is 0.494 e. The van der Waals surface area contributed by atoms with E-state index in [0.29, 0.717) is 18.7 Å². The summed E-state index contributed by atoms with van der Waals surface area (Å²) in [6, 6.07) is 6.38. The van der Waals surface area contributed by atoms with Crippen molar-refractivity contribution in [3.63, 3.8) is 0 Å². The predicted octanol–water partition coefficient (Wildman–Crippen LogP) is 2.32. The Morgan fingerprint density at radius 3 is 2.23 bits per heavy atom. The van der Waals surface area contributed by atoms with Gasteiger partial charge in [-0.25, -0.2) is 0 Å². The van der Waals surface area contributed by atoms with E-state index in [4.69, 9.17) is 4.74 Å². The number of ether oxygens (including phenoxy) is 1. The molecule has 0 heterocycles. The Hall–Kier alpha value is -2.04. The van der Waals surface area contributed by atoms with Gasteiger partial charge >= 0.3 is 0 Å². The summed E-state index contributed by atoms with van der Waals surface area (Å²) in [5.74, 6) is 0.422. The van der Waals surface area contributed by atoms with Crippen molar-refractivity contribution < 1.29 is 14.3 Å². The molecule has 0 saturated heterocycles. The van der Waals surface area contributed by atoms with Crippen molar-refractivity contribution >= 4 is 11.8 Å². The van der Waals surface area contributed by atoms with Gasteiger partial charge in [-0.3, -0.25) is 9.59 Å². The summed E-state index contributed by atoms with van der Waals surface area (Å²) in [6.07, 6.45) is 0. The van der Waals surface area contributed by atoms with Gasteiger partial charge in [0, 0.05) is 19.2 Å². The van der Waals surface area contributed by atoms with Crippen molar-refractivity contribution in [3.05, 3.63) is 29.8 Å². The third kappa shape index (κ3) is 4.76. The van der Waals surface area contributed by atoms with Gasteiger partial charge in [0.2, 0.25) is 5.91 Å². The maximum atomic E-state index is 12.3. The van der Waals surface area contributed by atoms with Crippen molar-refractivity contribution in [1.82, 2.24) is 10.2 Å². The third-order valence-electron chi connectivity index (χ3n) is 3.50. The molecule has 22 heavy (non-hydrogen) atoms. The van der Waals surface area contributed by atoms with Crippen molar-refractivity contribution in [3.8, 4) is 5.75 Å². The number of nitrogens with one attached hydrogen (secondary N) is 1. The molecule has 1 atom stereocenters. The van der Waals surface area contributed by atoms with E-state index < -0.39 is 6.04 Å². The molecule has 0 aliphatic carbocycles. The zero-order valence-corrected chi connectivity index (χ0v) is 14.1. The second kappa shape index (κ2) is 8.41. The number of hydrogen-bond donors (Lipinski definition) is 1. The van der Waals surface area contributed by atoms with Crippen LogP contribution in [0, 0.1) is 5.92 Å². The van der Waals surface area contributed by atoms with Gasteiger partial charge in [0.1, 0.15) is 11.8 Å². The number of amides is 2. The van der Waals surface area contributed by atoms with Crippen LogP contribution in [0.3, 0.4) is 0 Å². The van der Waals surface area contributed by atoms with E-state index in [9.17, 15) is 9.59 Å². The Bertz CT molecular complexity index is 497. The minimum Gasteiger partial charge on any atom is -0.494 e. The fraction of sp³-hybridized carbons (Fsp3) is 0.529. The van der Waals surface area contributed by atoms with Crippen LogP contribution in [0.5, 0.6) is 5.75 Å². The average molecular weight is 306 g/mol. The lowest BCUT2D eigenvalue weighted by atomic mass is 10.0. The van der Waals surface area contributed by atoms with E-state index >= 15 is 0 Å². The molecule has 0 saturated carbocycles. The number of hydrogen-bond acceptors (Lipinski definition) is 3. The van der Waals surface area contributed by atoms with Gasteiger partial charge in [0.15, 0.2) is 0 Å². The molecule has 1 N–H and O–H groups in total. The molecule has 1 aromatic rings. The second-order valence-electron chi connectivity index (χ2n) is 5.50. The van der Waals surface area contributed by atoms with E-state index in [1.165, 1.54) is 0 Å². The Labute approximate surface area is 132 Å². The molecule has 0 fully saturated rings. The molecule has 0 radical (unpaired) electrons. The van der Waals surface area contributed by atoms with Crippen LogP contribution in [0.25, 0.3) is 0 Å². The minimum atomic E-state index is -0.524. The van der Waals surface area contributed by atoms with Crippen LogP contribution < -0.4 is 10.1 Å². The summed E-state index contributed by atoms with van der Waals surface area (Å²) in [5.41, 5.74) is 0.515. The van der Waals surface area contributed by atoms with Crippen LogP contribution in [0.4, 0.5) is 0 Å². The van der Waals surface area contributed by atoms with Gasteiger partial charge in [-0.2, -0.15) is 0 Å². The molecule has 1 rings (SSSR count). The van der Waals surface area contributed by atoms with Crippen LogP contribution in [0.1, 0.15) is 38.1 Å². The molecule has 0 aliphatic rings. The molecule has 5 heteroatoms. The number of likely N-dealkylation sites (N-methyl/N-ethyl adjacent to an activating group) is 1. The second-order valence-corrected chi connectivity index (χ2v) is 5.50. The molecule has 0 aliphatic heterocycles. The van der Waals surface area contributed by atoms with Crippen LogP contribution in [0.15, 0.2) is 24.3 Å².